The summed E-state index contributed by atoms with van der Waals surface area (Å²) in [6.45, 7) is 3.61. The third kappa shape index (κ3) is 6.17. The summed E-state index contributed by atoms with van der Waals surface area (Å²) in [5, 5.41) is 2.89. The lowest BCUT2D eigenvalue weighted by Gasteiger charge is -2.31. The number of aryl methyl sites for hydroxylation is 1. The molecule has 0 unspecified atom stereocenters. The first-order chi connectivity index (χ1) is 17.6. The second-order valence-electron chi connectivity index (χ2n) is 9.66. The molecule has 2 saturated heterocycles. The summed E-state index contributed by atoms with van der Waals surface area (Å²) >= 11 is 0. The second-order valence-corrected chi connectivity index (χ2v) is 13.5. The number of benzene rings is 2. The van der Waals surface area contributed by atoms with Crippen LogP contribution in [-0.2, 0) is 31.4 Å². The average Bonchev–Trinajstić information content (AvgIpc) is 2.92. The number of hydrogen-bond donors (Lipinski definition) is 1. The van der Waals surface area contributed by atoms with Gasteiger partial charge in [0.15, 0.2) is 0 Å². The summed E-state index contributed by atoms with van der Waals surface area (Å²) < 4.78 is 60.2. The number of hydrogen-bond acceptors (Lipinski definition) is 6. The molecule has 0 aromatic heterocycles. The van der Waals surface area contributed by atoms with Crippen molar-refractivity contribution in [3.05, 3.63) is 53.6 Å². The van der Waals surface area contributed by atoms with E-state index in [0.29, 0.717) is 38.2 Å². The normalized spacial score (nSPS) is 19.9. The Labute approximate surface area is 219 Å². The standard InChI is InChI=1S/C26H35N3O6S2/c1-20-17-24(12-13-25(20)35-2)37(33,34)29-16-6-7-22(19-29)26(30)27-18-21-8-10-23(11-9-21)36(31,32)28-14-4-3-5-15-28/h8-13,17,22H,3-7,14-16,18-19H2,1-2H3,(H,27,30)/t22-/m1/s1. The number of amides is 1. The van der Waals surface area contributed by atoms with Gasteiger partial charge in [0.2, 0.25) is 26.0 Å². The van der Waals surface area contributed by atoms with E-state index in [1.54, 1.807) is 43.3 Å². The molecule has 2 aromatic carbocycles. The van der Waals surface area contributed by atoms with E-state index in [2.05, 4.69) is 5.32 Å². The molecule has 2 fully saturated rings. The predicted octanol–water partition coefficient (Wildman–Crippen LogP) is 2.90. The minimum absolute atomic E-state index is 0.117. The van der Waals surface area contributed by atoms with Crippen molar-refractivity contribution in [2.45, 2.75) is 55.4 Å². The molecule has 0 saturated carbocycles. The van der Waals surface area contributed by atoms with Crippen LogP contribution in [0.2, 0.25) is 0 Å². The Morgan fingerprint density at radius 3 is 2.16 bits per heavy atom. The van der Waals surface area contributed by atoms with Gasteiger partial charge in [-0.3, -0.25) is 4.79 Å². The van der Waals surface area contributed by atoms with Crippen molar-refractivity contribution in [1.29, 1.82) is 0 Å². The minimum Gasteiger partial charge on any atom is -0.496 e. The number of piperidine rings is 2. The number of carbonyl (C=O) groups excluding carboxylic acids is 1. The molecule has 0 aliphatic carbocycles. The molecule has 1 atom stereocenters. The van der Waals surface area contributed by atoms with Gasteiger partial charge in [0.1, 0.15) is 5.75 Å². The maximum Gasteiger partial charge on any atom is 0.243 e. The molecule has 2 aliphatic heterocycles. The summed E-state index contributed by atoms with van der Waals surface area (Å²) in [6.07, 6.45) is 4.00. The molecule has 9 nitrogen and oxygen atoms in total. The zero-order valence-corrected chi connectivity index (χ0v) is 23.0. The first kappa shape index (κ1) is 27.6. The van der Waals surface area contributed by atoms with Crippen molar-refractivity contribution in [2.75, 3.05) is 33.3 Å². The Morgan fingerprint density at radius 1 is 0.892 bits per heavy atom. The fourth-order valence-electron chi connectivity index (χ4n) is 4.90. The molecular formula is C26H35N3O6S2. The first-order valence-corrected chi connectivity index (χ1v) is 15.5. The Bertz CT molecular complexity index is 1320. The van der Waals surface area contributed by atoms with Gasteiger partial charge >= 0.3 is 0 Å². The second kappa shape index (κ2) is 11.5. The Kier molecular flexibility index (Phi) is 8.57. The summed E-state index contributed by atoms with van der Waals surface area (Å²) in [6, 6.07) is 11.3. The molecule has 2 heterocycles. The molecule has 202 valence electrons. The van der Waals surface area contributed by atoms with Gasteiger partial charge in [0, 0.05) is 32.7 Å². The van der Waals surface area contributed by atoms with Crippen molar-refractivity contribution in [3.63, 3.8) is 0 Å². The van der Waals surface area contributed by atoms with Crippen LogP contribution >= 0.6 is 0 Å². The van der Waals surface area contributed by atoms with E-state index in [9.17, 15) is 21.6 Å². The van der Waals surface area contributed by atoms with E-state index in [4.69, 9.17) is 4.74 Å². The number of methoxy groups -OCH3 is 1. The van der Waals surface area contributed by atoms with Gasteiger partial charge < -0.3 is 10.1 Å². The van der Waals surface area contributed by atoms with Crippen molar-refractivity contribution in [2.24, 2.45) is 5.92 Å². The van der Waals surface area contributed by atoms with Crippen LogP contribution < -0.4 is 10.1 Å². The SMILES string of the molecule is COc1ccc(S(=O)(=O)N2CCC[C@@H](C(=O)NCc3ccc(S(=O)(=O)N4CCCCC4)cc3)C2)cc1C. The van der Waals surface area contributed by atoms with Gasteiger partial charge in [-0.05, 0) is 74.1 Å². The zero-order valence-electron chi connectivity index (χ0n) is 21.4. The van der Waals surface area contributed by atoms with Crippen LogP contribution in [0.5, 0.6) is 5.75 Å². The molecule has 2 aromatic rings. The molecule has 11 heteroatoms. The Balaban J connectivity index is 1.36. The van der Waals surface area contributed by atoms with Crippen molar-refractivity contribution >= 4 is 26.0 Å². The lowest BCUT2D eigenvalue weighted by atomic mass is 9.99. The van der Waals surface area contributed by atoms with Crippen LogP contribution in [-0.4, -0.2) is 64.6 Å². The third-order valence-corrected chi connectivity index (χ3v) is 10.9. The van der Waals surface area contributed by atoms with Crippen LogP contribution in [0.15, 0.2) is 52.3 Å². The third-order valence-electron chi connectivity index (χ3n) is 7.10. The van der Waals surface area contributed by atoms with Gasteiger partial charge in [0.05, 0.1) is 22.8 Å². The van der Waals surface area contributed by atoms with E-state index >= 15 is 0 Å². The quantitative estimate of drug-likeness (QED) is 0.542. The molecule has 4 rings (SSSR count). The summed E-state index contributed by atoms with van der Waals surface area (Å²) in [7, 11) is -5.70. The smallest absolute Gasteiger partial charge is 0.243 e. The molecule has 1 N–H and O–H groups in total. The van der Waals surface area contributed by atoms with E-state index in [0.717, 1.165) is 30.4 Å². The highest BCUT2D eigenvalue weighted by molar-refractivity contribution is 7.89. The van der Waals surface area contributed by atoms with Crippen molar-refractivity contribution in [1.82, 2.24) is 13.9 Å². The number of carbonyl (C=O) groups is 1. The topological polar surface area (TPSA) is 113 Å². The molecule has 37 heavy (non-hydrogen) atoms. The maximum absolute atomic E-state index is 13.2. The van der Waals surface area contributed by atoms with Crippen LogP contribution in [0.1, 0.15) is 43.2 Å². The summed E-state index contributed by atoms with van der Waals surface area (Å²) in [5.41, 5.74) is 1.50. The average molecular weight is 550 g/mol. The Morgan fingerprint density at radius 2 is 1.51 bits per heavy atom. The summed E-state index contributed by atoms with van der Waals surface area (Å²) in [5.74, 6) is -0.0515. The molecular weight excluding hydrogens is 514 g/mol. The monoisotopic (exact) mass is 549 g/mol. The highest BCUT2D eigenvalue weighted by Crippen LogP contribution is 2.27. The highest BCUT2D eigenvalue weighted by Gasteiger charge is 2.33. The zero-order chi connectivity index (χ0) is 26.6. The largest absolute Gasteiger partial charge is 0.496 e. The van der Waals surface area contributed by atoms with Crippen LogP contribution in [0, 0.1) is 12.8 Å². The minimum atomic E-state index is -3.73. The molecule has 2 aliphatic rings. The molecule has 0 bridgehead atoms. The molecule has 1 amide bonds. The van der Waals surface area contributed by atoms with Gasteiger partial charge in [-0.15, -0.1) is 0 Å². The first-order valence-electron chi connectivity index (χ1n) is 12.6. The Hall–Kier alpha value is -2.47. The van der Waals surface area contributed by atoms with Gasteiger partial charge in [-0.25, -0.2) is 16.8 Å². The molecule has 0 spiro atoms. The van der Waals surface area contributed by atoms with Crippen LogP contribution in [0.25, 0.3) is 0 Å². The lowest BCUT2D eigenvalue weighted by molar-refractivity contribution is -0.126. The maximum atomic E-state index is 13.2. The predicted molar refractivity (Wildman–Crippen MR) is 140 cm³/mol. The highest BCUT2D eigenvalue weighted by atomic mass is 32.2. The van der Waals surface area contributed by atoms with Crippen molar-refractivity contribution in [3.8, 4) is 5.75 Å². The van der Waals surface area contributed by atoms with Gasteiger partial charge in [0.25, 0.3) is 0 Å². The lowest BCUT2D eigenvalue weighted by Crippen LogP contribution is -2.45. The number of nitrogens with zero attached hydrogens (tertiary/aromatic N) is 2. The number of sulfonamides is 2. The van der Waals surface area contributed by atoms with E-state index in [1.165, 1.54) is 21.8 Å². The van der Waals surface area contributed by atoms with Crippen LogP contribution in [0.4, 0.5) is 0 Å². The number of ether oxygens (including phenoxy) is 1. The van der Waals surface area contributed by atoms with E-state index in [1.807, 2.05) is 0 Å². The number of rotatable bonds is 8. The van der Waals surface area contributed by atoms with Crippen LogP contribution in [0.3, 0.4) is 0 Å². The van der Waals surface area contributed by atoms with E-state index in [-0.39, 0.29) is 28.8 Å². The summed E-state index contributed by atoms with van der Waals surface area (Å²) in [4.78, 5) is 13.3. The van der Waals surface area contributed by atoms with Gasteiger partial charge in [-0.1, -0.05) is 18.6 Å². The van der Waals surface area contributed by atoms with Gasteiger partial charge in [-0.2, -0.15) is 8.61 Å². The van der Waals surface area contributed by atoms with Crippen molar-refractivity contribution < 1.29 is 26.4 Å². The molecule has 0 radical (unpaired) electrons. The van der Waals surface area contributed by atoms with E-state index < -0.39 is 26.0 Å². The number of nitrogens with one attached hydrogen (secondary N) is 1. The fourth-order valence-corrected chi connectivity index (χ4v) is 8.03. The fraction of sp³-hybridized carbons (Fsp3) is 0.500.